The van der Waals surface area contributed by atoms with E-state index in [0.717, 1.165) is 11.8 Å². The Morgan fingerprint density at radius 3 is 2.05 bits per heavy atom. The normalized spacial score (nSPS) is 19.0. The van der Waals surface area contributed by atoms with Crippen LogP contribution in [0, 0.1) is 0 Å². The van der Waals surface area contributed by atoms with Crippen LogP contribution in [-0.2, 0) is 19.1 Å². The summed E-state index contributed by atoms with van der Waals surface area (Å²) in [6.45, 7) is 7.31. The van der Waals surface area contributed by atoms with Crippen LogP contribution in [0.4, 0.5) is 0 Å². The number of hydrogen-bond donors (Lipinski definition) is 1. The van der Waals surface area contributed by atoms with Crippen molar-refractivity contribution in [1.29, 1.82) is 0 Å². The molecule has 0 atom stereocenters. The van der Waals surface area contributed by atoms with Gasteiger partial charge in [0.2, 0.25) is 0 Å². The summed E-state index contributed by atoms with van der Waals surface area (Å²) in [5, 5.41) is 12.6. The van der Waals surface area contributed by atoms with E-state index in [0.29, 0.717) is 9.28 Å². The van der Waals surface area contributed by atoms with Gasteiger partial charge in [0.05, 0.1) is 22.2 Å². The Balaban J connectivity index is 3.20. The fourth-order valence-electron chi connectivity index (χ4n) is 1.41. The molecule has 1 aliphatic rings. The van der Waals surface area contributed by atoms with Crippen molar-refractivity contribution in [3.8, 4) is 0 Å². The van der Waals surface area contributed by atoms with Crippen LogP contribution in [0.5, 0.6) is 0 Å². The fraction of sp³-hybridized carbons (Fsp3) is 0.583. The van der Waals surface area contributed by atoms with Crippen molar-refractivity contribution in [1.82, 2.24) is 0 Å². The van der Waals surface area contributed by atoms with E-state index >= 15 is 0 Å². The van der Waals surface area contributed by atoms with Gasteiger partial charge in [-0.15, -0.1) is 11.8 Å². The molecule has 1 N–H and O–H groups in total. The lowest BCUT2D eigenvalue weighted by Crippen LogP contribution is -2.20. The summed E-state index contributed by atoms with van der Waals surface area (Å²) in [5.41, 5.74) is -0.143. The lowest BCUT2D eigenvalue weighted by atomic mass is 10.2. The molecule has 0 saturated carbocycles. The van der Waals surface area contributed by atoms with Crippen molar-refractivity contribution in [2.45, 2.75) is 32.4 Å². The van der Waals surface area contributed by atoms with Crippen LogP contribution in [0.3, 0.4) is 0 Å². The maximum absolute atomic E-state index is 11.9. The zero-order chi connectivity index (χ0) is 15.3. The summed E-state index contributed by atoms with van der Waals surface area (Å²) < 4.78 is 9.70. The van der Waals surface area contributed by atoms with E-state index in [1.807, 2.05) is 13.8 Å². The fourth-order valence-corrected chi connectivity index (χ4v) is 4.28. The molecule has 112 valence electrons. The van der Waals surface area contributed by atoms with Crippen molar-refractivity contribution in [2.75, 3.05) is 13.2 Å². The zero-order valence-corrected chi connectivity index (χ0v) is 13.4. The van der Waals surface area contributed by atoms with E-state index in [2.05, 4.69) is 5.16 Å². The second-order valence-corrected chi connectivity index (χ2v) is 7.11. The van der Waals surface area contributed by atoms with E-state index in [-0.39, 0.29) is 18.8 Å². The molecule has 1 rings (SSSR count). The smallest absolute Gasteiger partial charge is 0.347 e. The zero-order valence-electron chi connectivity index (χ0n) is 11.8. The molecule has 6 nitrogen and oxygen atoms in total. The highest BCUT2D eigenvalue weighted by Gasteiger charge is 2.41. The molecule has 1 heterocycles. The number of ether oxygens (including phenoxy) is 2. The minimum atomic E-state index is -0.726. The van der Waals surface area contributed by atoms with Crippen LogP contribution in [0.15, 0.2) is 15.0 Å². The highest BCUT2D eigenvalue weighted by molar-refractivity contribution is 8.35. The van der Waals surface area contributed by atoms with Crippen LogP contribution >= 0.6 is 23.5 Å². The Labute approximate surface area is 125 Å². The van der Waals surface area contributed by atoms with Crippen LogP contribution in [-0.4, -0.2) is 40.2 Å². The summed E-state index contributed by atoms with van der Waals surface area (Å²) in [4.78, 5) is 23.9. The van der Waals surface area contributed by atoms with Crippen molar-refractivity contribution in [2.24, 2.45) is 5.16 Å². The van der Waals surface area contributed by atoms with E-state index < -0.39 is 16.7 Å². The van der Waals surface area contributed by atoms with Crippen molar-refractivity contribution < 1.29 is 24.3 Å². The molecule has 8 heteroatoms. The lowest BCUT2D eigenvalue weighted by Gasteiger charge is -2.13. The molecule has 0 bridgehead atoms. The van der Waals surface area contributed by atoms with Crippen LogP contribution in [0.25, 0.3) is 0 Å². The van der Waals surface area contributed by atoms with E-state index in [4.69, 9.17) is 14.7 Å². The first-order valence-electron chi connectivity index (χ1n) is 6.05. The maximum Gasteiger partial charge on any atom is 0.347 e. The molecular formula is C12H17NO5S2. The third-order valence-corrected chi connectivity index (χ3v) is 5.20. The topological polar surface area (TPSA) is 85.2 Å². The second-order valence-electron chi connectivity index (χ2n) is 4.22. The number of hydrogen-bond acceptors (Lipinski definition) is 8. The minimum absolute atomic E-state index is 0.143. The van der Waals surface area contributed by atoms with Gasteiger partial charge in [0.1, 0.15) is 5.04 Å². The minimum Gasteiger partial charge on any atom is -0.462 e. The molecule has 0 unspecified atom stereocenters. The number of esters is 2. The Kier molecular flexibility index (Phi) is 5.94. The first-order valence-corrected chi connectivity index (χ1v) is 7.68. The predicted octanol–water partition coefficient (Wildman–Crippen LogP) is 2.37. The molecule has 0 radical (unpaired) electrons. The molecule has 0 aromatic carbocycles. The van der Waals surface area contributed by atoms with Gasteiger partial charge in [0, 0.05) is 0 Å². The Morgan fingerprint density at radius 1 is 1.20 bits per heavy atom. The predicted molar refractivity (Wildman–Crippen MR) is 78.8 cm³/mol. The number of carbonyl (C=O) groups is 2. The molecule has 1 saturated heterocycles. The first-order chi connectivity index (χ1) is 9.37. The van der Waals surface area contributed by atoms with Crippen LogP contribution in [0.2, 0.25) is 0 Å². The van der Waals surface area contributed by atoms with Gasteiger partial charge in [-0.2, -0.15) is 0 Å². The summed E-state index contributed by atoms with van der Waals surface area (Å²) in [5.74, 6) is -1.45. The third-order valence-electron chi connectivity index (χ3n) is 2.31. The highest BCUT2D eigenvalue weighted by Crippen LogP contribution is 2.52. The van der Waals surface area contributed by atoms with Gasteiger partial charge < -0.3 is 14.7 Å². The largest absolute Gasteiger partial charge is 0.462 e. The number of carbonyl (C=O) groups excluding carboxylic acids is 2. The summed E-state index contributed by atoms with van der Waals surface area (Å²) in [7, 11) is 0. The lowest BCUT2D eigenvalue weighted by molar-refractivity contribution is -0.146. The van der Waals surface area contributed by atoms with E-state index in [9.17, 15) is 9.59 Å². The molecule has 0 amide bonds. The quantitative estimate of drug-likeness (QED) is 0.213. The highest BCUT2D eigenvalue weighted by atomic mass is 32.2. The van der Waals surface area contributed by atoms with Crippen molar-refractivity contribution in [3.05, 3.63) is 9.81 Å². The first kappa shape index (κ1) is 16.9. The number of oxime groups is 1. The Bertz CT molecular complexity index is 450. The monoisotopic (exact) mass is 319 g/mol. The SMILES string of the molecule is CCOC(=O)C(C(=O)OCC)=C1SC(=NO)C(C)(C)S1. The molecule has 0 spiro atoms. The maximum atomic E-state index is 11.9. The number of thioether (sulfide) groups is 2. The molecular weight excluding hydrogens is 302 g/mol. The number of rotatable bonds is 4. The summed E-state index contributed by atoms with van der Waals surface area (Å²) in [6.07, 6.45) is 0. The second kappa shape index (κ2) is 7.03. The van der Waals surface area contributed by atoms with Gasteiger partial charge >= 0.3 is 11.9 Å². The average Bonchev–Trinajstić information content (AvgIpc) is 2.65. The average molecular weight is 319 g/mol. The van der Waals surface area contributed by atoms with Crippen LogP contribution < -0.4 is 0 Å². The molecule has 0 aromatic heterocycles. The summed E-state index contributed by atoms with van der Waals surface area (Å²) >= 11 is 2.34. The van der Waals surface area contributed by atoms with Crippen molar-refractivity contribution >= 4 is 40.5 Å². The van der Waals surface area contributed by atoms with Gasteiger partial charge in [-0.3, -0.25) is 0 Å². The van der Waals surface area contributed by atoms with Gasteiger partial charge in [-0.25, -0.2) is 9.59 Å². The molecule has 1 aliphatic heterocycles. The summed E-state index contributed by atoms with van der Waals surface area (Å²) in [6, 6.07) is 0. The third kappa shape index (κ3) is 3.69. The van der Waals surface area contributed by atoms with Crippen LogP contribution in [0.1, 0.15) is 27.7 Å². The van der Waals surface area contributed by atoms with Gasteiger partial charge in [-0.05, 0) is 27.7 Å². The molecule has 0 aromatic rings. The standard InChI is InChI=1S/C12H17NO5S2/c1-5-17-8(14)7(9(15)18-6-2)10-19-11(13-16)12(3,4)20-10/h16H,5-6H2,1-4H3. The van der Waals surface area contributed by atoms with E-state index in [1.165, 1.54) is 11.8 Å². The Morgan fingerprint density at radius 2 is 1.70 bits per heavy atom. The molecule has 0 aliphatic carbocycles. The van der Waals surface area contributed by atoms with Crippen molar-refractivity contribution in [3.63, 3.8) is 0 Å². The molecule has 1 fully saturated rings. The van der Waals surface area contributed by atoms with E-state index in [1.54, 1.807) is 13.8 Å². The Hall–Kier alpha value is -1.15. The van der Waals surface area contributed by atoms with Gasteiger partial charge in [0.25, 0.3) is 0 Å². The van der Waals surface area contributed by atoms with Gasteiger partial charge in [-0.1, -0.05) is 16.9 Å². The van der Waals surface area contributed by atoms with Gasteiger partial charge in [0.15, 0.2) is 5.57 Å². The number of nitrogens with zero attached hydrogens (tertiary/aromatic N) is 1. The molecule has 20 heavy (non-hydrogen) atoms.